The largest absolute Gasteiger partial charge is 0.496 e. The van der Waals surface area contributed by atoms with Crippen LogP contribution in [0, 0.1) is 6.92 Å². The van der Waals surface area contributed by atoms with Crippen LogP contribution < -0.4 is 10.5 Å². The maximum absolute atomic E-state index is 12.0. The summed E-state index contributed by atoms with van der Waals surface area (Å²) in [5.41, 5.74) is 7.85. The van der Waals surface area contributed by atoms with E-state index in [0.29, 0.717) is 19.4 Å². The molecular formula is C15H24N2O2. The van der Waals surface area contributed by atoms with E-state index in [-0.39, 0.29) is 11.9 Å². The van der Waals surface area contributed by atoms with Crippen molar-refractivity contribution in [3.8, 4) is 5.75 Å². The molecule has 0 aliphatic rings. The Labute approximate surface area is 115 Å². The number of carbonyl (C=O) groups is 1. The van der Waals surface area contributed by atoms with Crippen molar-refractivity contribution >= 4 is 5.91 Å². The maximum Gasteiger partial charge on any atom is 0.222 e. The van der Waals surface area contributed by atoms with Crippen LogP contribution in [0.25, 0.3) is 0 Å². The molecule has 1 atom stereocenters. The molecule has 0 heterocycles. The smallest absolute Gasteiger partial charge is 0.222 e. The minimum absolute atomic E-state index is 0.0610. The fraction of sp³-hybridized carbons (Fsp3) is 0.533. The van der Waals surface area contributed by atoms with Gasteiger partial charge in [0.15, 0.2) is 0 Å². The van der Waals surface area contributed by atoms with Crippen LogP contribution in [-0.2, 0) is 11.3 Å². The summed E-state index contributed by atoms with van der Waals surface area (Å²) in [4.78, 5) is 13.7. The molecule has 0 radical (unpaired) electrons. The van der Waals surface area contributed by atoms with Gasteiger partial charge in [-0.1, -0.05) is 17.7 Å². The first-order valence-electron chi connectivity index (χ1n) is 6.57. The number of hydrogen-bond acceptors (Lipinski definition) is 3. The van der Waals surface area contributed by atoms with Gasteiger partial charge in [0.05, 0.1) is 7.11 Å². The number of benzene rings is 1. The van der Waals surface area contributed by atoms with E-state index in [1.54, 1.807) is 12.0 Å². The molecule has 0 bridgehead atoms. The van der Waals surface area contributed by atoms with E-state index < -0.39 is 0 Å². The van der Waals surface area contributed by atoms with Gasteiger partial charge in [-0.3, -0.25) is 4.79 Å². The van der Waals surface area contributed by atoms with Crippen LogP contribution in [0.3, 0.4) is 0 Å². The Morgan fingerprint density at radius 3 is 2.74 bits per heavy atom. The van der Waals surface area contributed by atoms with Crippen molar-refractivity contribution in [1.82, 2.24) is 4.90 Å². The summed E-state index contributed by atoms with van der Waals surface area (Å²) in [7, 11) is 3.46. The second kappa shape index (κ2) is 7.14. The zero-order valence-corrected chi connectivity index (χ0v) is 12.3. The molecule has 1 amide bonds. The van der Waals surface area contributed by atoms with E-state index in [4.69, 9.17) is 10.5 Å². The van der Waals surface area contributed by atoms with Crippen LogP contribution in [0.15, 0.2) is 18.2 Å². The predicted molar refractivity (Wildman–Crippen MR) is 77.1 cm³/mol. The third-order valence-corrected chi connectivity index (χ3v) is 3.08. The van der Waals surface area contributed by atoms with Crippen LogP contribution in [0.2, 0.25) is 0 Å². The van der Waals surface area contributed by atoms with Crippen LogP contribution in [-0.4, -0.2) is 31.0 Å². The Morgan fingerprint density at radius 1 is 1.47 bits per heavy atom. The number of carbonyl (C=O) groups excluding carboxylic acids is 1. The zero-order valence-electron chi connectivity index (χ0n) is 12.3. The minimum atomic E-state index is 0.0610. The number of rotatable bonds is 6. The molecule has 0 saturated heterocycles. The van der Waals surface area contributed by atoms with E-state index >= 15 is 0 Å². The molecule has 0 aliphatic heterocycles. The van der Waals surface area contributed by atoms with Gasteiger partial charge >= 0.3 is 0 Å². The lowest BCUT2D eigenvalue weighted by molar-refractivity contribution is -0.130. The molecule has 0 saturated carbocycles. The van der Waals surface area contributed by atoms with Gasteiger partial charge in [-0.15, -0.1) is 0 Å². The summed E-state index contributed by atoms with van der Waals surface area (Å²) in [6, 6.07) is 6.05. The highest BCUT2D eigenvalue weighted by Crippen LogP contribution is 2.21. The topological polar surface area (TPSA) is 55.6 Å². The first kappa shape index (κ1) is 15.5. The summed E-state index contributed by atoms with van der Waals surface area (Å²) in [6.07, 6.45) is 1.20. The monoisotopic (exact) mass is 264 g/mol. The molecule has 2 N–H and O–H groups in total. The van der Waals surface area contributed by atoms with Gasteiger partial charge in [0.2, 0.25) is 5.91 Å². The van der Waals surface area contributed by atoms with Crippen LogP contribution in [0.5, 0.6) is 5.75 Å². The number of aryl methyl sites for hydroxylation is 1. The van der Waals surface area contributed by atoms with Crippen molar-refractivity contribution < 1.29 is 9.53 Å². The molecule has 1 rings (SSSR count). The average Bonchev–Trinajstić information content (AvgIpc) is 2.36. The lowest BCUT2D eigenvalue weighted by atomic mass is 10.1. The van der Waals surface area contributed by atoms with Gasteiger partial charge in [-0.05, 0) is 26.3 Å². The maximum atomic E-state index is 12.0. The van der Waals surface area contributed by atoms with Crippen LogP contribution in [0.1, 0.15) is 30.9 Å². The van der Waals surface area contributed by atoms with Crippen molar-refractivity contribution in [3.05, 3.63) is 29.3 Å². The summed E-state index contributed by atoms with van der Waals surface area (Å²) in [5.74, 6) is 0.929. The first-order chi connectivity index (χ1) is 8.93. The number of hydrogen-bond donors (Lipinski definition) is 1. The molecule has 1 unspecified atom stereocenters. The molecule has 106 valence electrons. The number of ether oxygens (including phenoxy) is 1. The van der Waals surface area contributed by atoms with E-state index in [0.717, 1.165) is 16.9 Å². The van der Waals surface area contributed by atoms with Gasteiger partial charge in [0, 0.05) is 31.6 Å². The number of amides is 1. The van der Waals surface area contributed by atoms with Crippen molar-refractivity contribution in [2.45, 2.75) is 39.3 Å². The normalized spacial score (nSPS) is 12.1. The average molecular weight is 264 g/mol. The highest BCUT2D eigenvalue weighted by molar-refractivity contribution is 5.76. The van der Waals surface area contributed by atoms with E-state index in [2.05, 4.69) is 0 Å². The third-order valence-electron chi connectivity index (χ3n) is 3.08. The highest BCUT2D eigenvalue weighted by Gasteiger charge is 2.12. The predicted octanol–water partition coefficient (Wildman–Crippen LogP) is 2.09. The van der Waals surface area contributed by atoms with Gasteiger partial charge in [0.1, 0.15) is 5.75 Å². The fourth-order valence-electron chi connectivity index (χ4n) is 1.92. The second-order valence-electron chi connectivity index (χ2n) is 5.08. The quantitative estimate of drug-likeness (QED) is 0.856. The summed E-state index contributed by atoms with van der Waals surface area (Å²) >= 11 is 0. The SMILES string of the molecule is COc1ccc(C)cc1CN(C)C(=O)CCC(C)N. The molecule has 4 nitrogen and oxygen atoms in total. The number of nitrogens with two attached hydrogens (primary N) is 1. The Kier molecular flexibility index (Phi) is 5.83. The molecule has 0 spiro atoms. The van der Waals surface area contributed by atoms with Crippen molar-refractivity contribution in [1.29, 1.82) is 0 Å². The Hall–Kier alpha value is -1.55. The number of methoxy groups -OCH3 is 1. The molecule has 1 aromatic carbocycles. The molecule has 0 aliphatic carbocycles. The van der Waals surface area contributed by atoms with Crippen molar-refractivity contribution in [2.24, 2.45) is 5.73 Å². The standard InChI is InChI=1S/C15H24N2O2/c1-11-5-7-14(19-4)13(9-11)10-17(3)15(18)8-6-12(2)16/h5,7,9,12H,6,8,10,16H2,1-4H3. The minimum Gasteiger partial charge on any atom is -0.496 e. The summed E-state index contributed by atoms with van der Waals surface area (Å²) in [5, 5.41) is 0. The van der Waals surface area contributed by atoms with E-state index in [1.165, 1.54) is 0 Å². The van der Waals surface area contributed by atoms with Gasteiger partial charge in [-0.25, -0.2) is 0 Å². The summed E-state index contributed by atoms with van der Waals surface area (Å²) in [6.45, 7) is 4.50. The molecular weight excluding hydrogens is 240 g/mol. The summed E-state index contributed by atoms with van der Waals surface area (Å²) < 4.78 is 5.32. The van der Waals surface area contributed by atoms with Crippen LogP contribution >= 0.6 is 0 Å². The van der Waals surface area contributed by atoms with E-state index in [9.17, 15) is 4.79 Å². The zero-order chi connectivity index (χ0) is 14.4. The molecule has 1 aromatic rings. The molecule has 4 heteroatoms. The molecule has 0 aromatic heterocycles. The Bertz CT molecular complexity index is 430. The van der Waals surface area contributed by atoms with Gasteiger partial charge in [0.25, 0.3) is 0 Å². The molecule has 19 heavy (non-hydrogen) atoms. The van der Waals surface area contributed by atoms with Crippen molar-refractivity contribution in [2.75, 3.05) is 14.2 Å². The van der Waals surface area contributed by atoms with Gasteiger partial charge in [-0.2, -0.15) is 0 Å². The Balaban J connectivity index is 2.68. The van der Waals surface area contributed by atoms with Crippen LogP contribution in [0.4, 0.5) is 0 Å². The van der Waals surface area contributed by atoms with Crippen molar-refractivity contribution in [3.63, 3.8) is 0 Å². The lowest BCUT2D eigenvalue weighted by Gasteiger charge is -2.19. The van der Waals surface area contributed by atoms with Gasteiger partial charge < -0.3 is 15.4 Å². The Morgan fingerprint density at radius 2 is 2.16 bits per heavy atom. The molecule has 0 fully saturated rings. The highest BCUT2D eigenvalue weighted by atomic mass is 16.5. The van der Waals surface area contributed by atoms with E-state index in [1.807, 2.05) is 39.1 Å². The lowest BCUT2D eigenvalue weighted by Crippen LogP contribution is -2.28. The number of nitrogens with zero attached hydrogens (tertiary/aromatic N) is 1. The second-order valence-corrected chi connectivity index (χ2v) is 5.08. The third kappa shape index (κ3) is 4.91. The fourth-order valence-corrected chi connectivity index (χ4v) is 1.92. The first-order valence-corrected chi connectivity index (χ1v) is 6.57.